The second-order valence-electron chi connectivity index (χ2n) is 3.80. The normalized spacial score (nSPS) is 10.6. The van der Waals surface area contributed by atoms with Crippen LogP contribution in [0.4, 0.5) is 4.39 Å². The van der Waals surface area contributed by atoms with Crippen molar-refractivity contribution in [2.24, 2.45) is 0 Å². The molecule has 1 heterocycles. The van der Waals surface area contributed by atoms with Gasteiger partial charge in [0.2, 0.25) is 0 Å². The summed E-state index contributed by atoms with van der Waals surface area (Å²) in [5.41, 5.74) is 0.752. The van der Waals surface area contributed by atoms with E-state index >= 15 is 0 Å². The zero-order valence-electron chi connectivity index (χ0n) is 9.54. The summed E-state index contributed by atoms with van der Waals surface area (Å²) in [6, 6.07) is 8.07. The second-order valence-corrected chi connectivity index (χ2v) is 4.79. The standard InChI is InChI=1S/C12H12BFO3S/c14-12-4-3-9(6-11(12)13(15)16)7-18-8-10-2-1-5-17-10/h1-6,15-16H,7-8H2. The fourth-order valence-corrected chi connectivity index (χ4v) is 2.43. The summed E-state index contributed by atoms with van der Waals surface area (Å²) in [7, 11) is -1.78. The zero-order valence-corrected chi connectivity index (χ0v) is 10.4. The Labute approximate surface area is 109 Å². The summed E-state index contributed by atoms with van der Waals surface area (Å²) >= 11 is 1.61. The van der Waals surface area contributed by atoms with E-state index in [1.54, 1.807) is 24.1 Å². The summed E-state index contributed by atoms with van der Waals surface area (Å²) in [5, 5.41) is 18.0. The summed E-state index contributed by atoms with van der Waals surface area (Å²) in [5.74, 6) is 1.65. The van der Waals surface area contributed by atoms with Crippen LogP contribution in [0, 0.1) is 5.82 Å². The molecule has 1 aromatic heterocycles. The van der Waals surface area contributed by atoms with E-state index in [1.807, 2.05) is 12.1 Å². The monoisotopic (exact) mass is 266 g/mol. The highest BCUT2D eigenvalue weighted by Gasteiger charge is 2.16. The average Bonchev–Trinajstić information content (AvgIpc) is 2.84. The maximum Gasteiger partial charge on any atom is 0.491 e. The first-order chi connectivity index (χ1) is 8.66. The third kappa shape index (κ3) is 3.38. The number of hydrogen-bond donors (Lipinski definition) is 2. The maximum absolute atomic E-state index is 13.2. The van der Waals surface area contributed by atoms with Gasteiger partial charge in [0.1, 0.15) is 11.6 Å². The lowest BCUT2D eigenvalue weighted by molar-refractivity contribution is 0.423. The fraction of sp³-hybridized carbons (Fsp3) is 0.167. The first kappa shape index (κ1) is 13.2. The average molecular weight is 266 g/mol. The molecule has 3 nitrogen and oxygen atoms in total. The third-order valence-corrected chi connectivity index (χ3v) is 3.46. The van der Waals surface area contributed by atoms with Gasteiger partial charge < -0.3 is 14.5 Å². The Kier molecular flexibility index (Phi) is 4.46. The van der Waals surface area contributed by atoms with Crippen LogP contribution in [-0.4, -0.2) is 17.2 Å². The molecule has 0 saturated carbocycles. The maximum atomic E-state index is 13.2. The largest absolute Gasteiger partial charge is 0.491 e. The van der Waals surface area contributed by atoms with Gasteiger partial charge in [0, 0.05) is 11.2 Å². The highest BCUT2D eigenvalue weighted by Crippen LogP contribution is 2.17. The molecule has 2 aromatic rings. The van der Waals surface area contributed by atoms with Crippen molar-refractivity contribution in [1.82, 2.24) is 0 Å². The van der Waals surface area contributed by atoms with Gasteiger partial charge in [-0.25, -0.2) is 4.39 Å². The number of rotatable bonds is 5. The van der Waals surface area contributed by atoms with Crippen molar-refractivity contribution in [3.63, 3.8) is 0 Å². The van der Waals surface area contributed by atoms with E-state index in [1.165, 1.54) is 12.1 Å². The van der Waals surface area contributed by atoms with Crippen LogP contribution in [0.25, 0.3) is 0 Å². The molecule has 0 fully saturated rings. The molecule has 0 atom stereocenters. The Morgan fingerprint density at radius 3 is 2.72 bits per heavy atom. The first-order valence-corrected chi connectivity index (χ1v) is 6.57. The summed E-state index contributed by atoms with van der Waals surface area (Å²) in [4.78, 5) is 0. The van der Waals surface area contributed by atoms with Gasteiger partial charge in [0.15, 0.2) is 0 Å². The number of furan rings is 1. The minimum absolute atomic E-state index is 0.0916. The van der Waals surface area contributed by atoms with Crippen molar-refractivity contribution in [2.75, 3.05) is 0 Å². The lowest BCUT2D eigenvalue weighted by Crippen LogP contribution is -2.33. The Morgan fingerprint density at radius 2 is 2.06 bits per heavy atom. The van der Waals surface area contributed by atoms with Crippen molar-refractivity contribution in [1.29, 1.82) is 0 Å². The van der Waals surface area contributed by atoms with Gasteiger partial charge >= 0.3 is 7.12 Å². The van der Waals surface area contributed by atoms with E-state index in [4.69, 9.17) is 14.5 Å². The lowest BCUT2D eigenvalue weighted by atomic mass is 9.79. The number of benzene rings is 1. The van der Waals surface area contributed by atoms with Gasteiger partial charge in [0.05, 0.1) is 12.0 Å². The van der Waals surface area contributed by atoms with Crippen LogP contribution in [0.3, 0.4) is 0 Å². The molecule has 0 aliphatic rings. The number of hydrogen-bond acceptors (Lipinski definition) is 4. The zero-order chi connectivity index (χ0) is 13.0. The Bertz CT molecular complexity index is 502. The van der Waals surface area contributed by atoms with Gasteiger partial charge in [-0.3, -0.25) is 0 Å². The highest BCUT2D eigenvalue weighted by atomic mass is 32.2. The van der Waals surface area contributed by atoms with E-state index in [0.717, 1.165) is 17.1 Å². The Hall–Kier alpha value is -1.24. The molecular formula is C12H12BFO3S. The molecule has 94 valence electrons. The van der Waals surface area contributed by atoms with Gasteiger partial charge in [-0.1, -0.05) is 12.1 Å². The third-order valence-electron chi connectivity index (χ3n) is 2.43. The Balaban J connectivity index is 1.95. The van der Waals surface area contributed by atoms with Crippen LogP contribution in [-0.2, 0) is 11.5 Å². The fourth-order valence-electron chi connectivity index (χ4n) is 1.55. The van der Waals surface area contributed by atoms with Crippen LogP contribution in [0.1, 0.15) is 11.3 Å². The predicted octanol–water partition coefficient (Wildman–Crippen LogP) is 1.53. The highest BCUT2D eigenvalue weighted by molar-refractivity contribution is 7.97. The van der Waals surface area contributed by atoms with Crippen molar-refractivity contribution < 1.29 is 18.9 Å². The van der Waals surface area contributed by atoms with Crippen molar-refractivity contribution in [3.05, 3.63) is 53.7 Å². The van der Waals surface area contributed by atoms with E-state index < -0.39 is 12.9 Å². The SMILES string of the molecule is OB(O)c1cc(CSCc2ccco2)ccc1F. The first-order valence-electron chi connectivity index (χ1n) is 5.41. The lowest BCUT2D eigenvalue weighted by Gasteiger charge is -2.05. The molecule has 0 amide bonds. The predicted molar refractivity (Wildman–Crippen MR) is 69.9 cm³/mol. The smallest absolute Gasteiger partial charge is 0.468 e. The molecular weight excluding hydrogens is 254 g/mol. The van der Waals surface area contributed by atoms with Crippen molar-refractivity contribution >= 4 is 24.3 Å². The number of halogens is 1. The molecule has 6 heteroatoms. The van der Waals surface area contributed by atoms with Crippen LogP contribution in [0.15, 0.2) is 41.0 Å². The molecule has 1 aromatic carbocycles. The minimum atomic E-state index is -1.78. The molecule has 0 radical (unpaired) electrons. The second kappa shape index (κ2) is 6.09. The van der Waals surface area contributed by atoms with Crippen molar-refractivity contribution in [2.45, 2.75) is 11.5 Å². The molecule has 2 rings (SSSR count). The summed E-state index contributed by atoms with van der Waals surface area (Å²) in [6.07, 6.45) is 1.62. The Morgan fingerprint density at radius 1 is 1.22 bits per heavy atom. The van der Waals surface area contributed by atoms with Gasteiger partial charge in [-0.2, -0.15) is 0 Å². The summed E-state index contributed by atoms with van der Waals surface area (Å²) < 4.78 is 18.4. The van der Waals surface area contributed by atoms with Gasteiger partial charge in [0.25, 0.3) is 0 Å². The van der Waals surface area contributed by atoms with E-state index in [-0.39, 0.29) is 5.46 Å². The molecule has 2 N–H and O–H groups in total. The summed E-state index contributed by atoms with van der Waals surface area (Å²) in [6.45, 7) is 0. The van der Waals surface area contributed by atoms with Crippen molar-refractivity contribution in [3.8, 4) is 0 Å². The van der Waals surface area contributed by atoms with Crippen LogP contribution < -0.4 is 5.46 Å². The molecule has 0 aliphatic heterocycles. The van der Waals surface area contributed by atoms with E-state index in [2.05, 4.69) is 0 Å². The molecule has 0 bridgehead atoms. The molecule has 0 saturated heterocycles. The molecule has 18 heavy (non-hydrogen) atoms. The van der Waals surface area contributed by atoms with Gasteiger partial charge in [-0.05, 0) is 23.8 Å². The number of thioether (sulfide) groups is 1. The molecule has 0 spiro atoms. The van der Waals surface area contributed by atoms with Crippen LogP contribution >= 0.6 is 11.8 Å². The quantitative estimate of drug-likeness (QED) is 0.806. The molecule has 0 unspecified atom stereocenters. The van der Waals surface area contributed by atoms with Gasteiger partial charge in [-0.15, -0.1) is 11.8 Å². The topological polar surface area (TPSA) is 53.6 Å². The van der Waals surface area contributed by atoms with Crippen LogP contribution in [0.2, 0.25) is 0 Å². The van der Waals surface area contributed by atoms with E-state index in [9.17, 15) is 4.39 Å². The molecule has 0 aliphatic carbocycles. The van der Waals surface area contributed by atoms with E-state index in [0.29, 0.717) is 5.75 Å². The van der Waals surface area contributed by atoms with Crippen LogP contribution in [0.5, 0.6) is 0 Å². The minimum Gasteiger partial charge on any atom is -0.468 e.